The summed E-state index contributed by atoms with van der Waals surface area (Å²) >= 11 is 1.60. The average molecular weight is 680 g/mol. The van der Waals surface area contributed by atoms with Crippen LogP contribution in [0.15, 0.2) is 66.0 Å². The summed E-state index contributed by atoms with van der Waals surface area (Å²) in [5.41, 5.74) is 6.29. The van der Waals surface area contributed by atoms with Crippen molar-refractivity contribution in [1.82, 2.24) is 26.1 Å². The summed E-state index contributed by atoms with van der Waals surface area (Å²) in [7, 11) is 1.90. The largest absolute Gasteiger partial charge is 0.443 e. The molecule has 0 spiro atoms. The van der Waals surface area contributed by atoms with E-state index in [0.29, 0.717) is 26.0 Å². The summed E-state index contributed by atoms with van der Waals surface area (Å²) < 4.78 is 17.0. The number of aromatic nitrogens is 1. The number of thiazole rings is 1. The highest BCUT2D eigenvalue weighted by molar-refractivity contribution is 7.09. The van der Waals surface area contributed by atoms with Crippen LogP contribution in [-0.4, -0.2) is 84.0 Å². The van der Waals surface area contributed by atoms with Gasteiger partial charge in [-0.1, -0.05) is 74.5 Å². The van der Waals surface area contributed by atoms with Crippen LogP contribution in [0.1, 0.15) is 48.5 Å². The second-order valence-electron chi connectivity index (χ2n) is 13.2. The molecule has 260 valence electrons. The van der Waals surface area contributed by atoms with Gasteiger partial charge in [-0.2, -0.15) is 0 Å². The van der Waals surface area contributed by atoms with E-state index in [4.69, 9.17) is 14.2 Å². The number of ether oxygens (including phenoxy) is 3. The molecule has 3 heterocycles. The zero-order chi connectivity index (χ0) is 34.0. The number of carbonyl (C=O) groups is 2. The van der Waals surface area contributed by atoms with Crippen molar-refractivity contribution in [1.29, 1.82) is 0 Å². The number of aliphatic hydroxyl groups excluding tert-OH is 1. The van der Waals surface area contributed by atoms with Gasteiger partial charge in [0.05, 0.1) is 48.5 Å². The maximum absolute atomic E-state index is 13.9. The molecular formula is C36H49N5O6S. The molecule has 2 fully saturated rings. The molecule has 2 saturated heterocycles. The first-order valence-corrected chi connectivity index (χ1v) is 17.7. The third-order valence-corrected chi connectivity index (χ3v) is 9.70. The van der Waals surface area contributed by atoms with Crippen LogP contribution < -0.4 is 16.1 Å². The molecule has 0 radical (unpaired) electrons. The summed E-state index contributed by atoms with van der Waals surface area (Å²) in [5, 5.41) is 22.8. The topological polar surface area (TPSA) is 134 Å². The minimum absolute atomic E-state index is 0.00546. The molecule has 2 aliphatic heterocycles. The number of aliphatic hydroxyl groups is 1. The average Bonchev–Trinajstić information content (AvgIpc) is 3.79. The van der Waals surface area contributed by atoms with Gasteiger partial charge in [0, 0.05) is 18.5 Å². The molecule has 0 bridgehead atoms. The fourth-order valence-corrected chi connectivity index (χ4v) is 6.98. The minimum atomic E-state index is -0.991. The highest BCUT2D eigenvalue weighted by atomic mass is 32.1. The van der Waals surface area contributed by atoms with Crippen molar-refractivity contribution >= 4 is 23.3 Å². The van der Waals surface area contributed by atoms with E-state index in [0.717, 1.165) is 28.2 Å². The van der Waals surface area contributed by atoms with Gasteiger partial charge in [-0.15, -0.1) is 11.3 Å². The van der Waals surface area contributed by atoms with Crippen molar-refractivity contribution in [3.05, 3.63) is 87.9 Å². The standard InChI is InChI=1S/C36H49N5O6S/c1-23(2)33(40-41(4)20-28-22-48-24(3)37-28)34(43)38-27(17-25-11-7-5-8-12-25)19-31(42)30(18-26-13-9-6-10-14-26)39-36(44)47-32-21-46-35-29(32)15-16-45-35/h5-14,22-23,27,29-33,35,40,42H,15-21H2,1-4H3,(H,38,43)(H,39,44)/t27-,29?,30-,31-,32-,33-,35?/m0/s1. The fraction of sp³-hybridized carbons (Fsp3) is 0.528. The third-order valence-electron chi connectivity index (χ3n) is 8.88. The van der Waals surface area contributed by atoms with Crippen LogP contribution in [0.5, 0.6) is 0 Å². The Morgan fingerprint density at radius 3 is 2.38 bits per heavy atom. The fourth-order valence-electron chi connectivity index (χ4n) is 6.38. The summed E-state index contributed by atoms with van der Waals surface area (Å²) in [6, 6.07) is 18.0. The Balaban J connectivity index is 1.28. The Bertz CT molecular complexity index is 1440. The van der Waals surface area contributed by atoms with Crippen LogP contribution in [-0.2, 0) is 38.4 Å². The van der Waals surface area contributed by atoms with Crippen LogP contribution >= 0.6 is 11.3 Å². The minimum Gasteiger partial charge on any atom is -0.443 e. The van der Waals surface area contributed by atoms with Crippen LogP contribution in [0, 0.1) is 18.8 Å². The van der Waals surface area contributed by atoms with Gasteiger partial charge in [0.1, 0.15) is 12.1 Å². The zero-order valence-corrected chi connectivity index (χ0v) is 29.0. The molecule has 1 aromatic heterocycles. The van der Waals surface area contributed by atoms with Crippen molar-refractivity contribution in [3.8, 4) is 0 Å². The lowest BCUT2D eigenvalue weighted by atomic mass is 9.93. The Morgan fingerprint density at radius 2 is 1.73 bits per heavy atom. The monoisotopic (exact) mass is 679 g/mol. The Labute approximate surface area is 287 Å². The lowest BCUT2D eigenvalue weighted by Gasteiger charge is -2.31. The molecule has 2 aliphatic rings. The number of carbonyl (C=O) groups excluding carboxylic acids is 2. The molecule has 7 atom stereocenters. The number of nitrogens with one attached hydrogen (secondary N) is 3. The van der Waals surface area contributed by atoms with Crippen LogP contribution in [0.2, 0.25) is 0 Å². The normalized spacial score (nSPS) is 21.4. The number of hydrogen-bond acceptors (Lipinski definition) is 10. The second kappa shape index (κ2) is 17.3. The maximum atomic E-state index is 13.9. The SMILES string of the molecule is Cc1nc(CN(C)N[C@H](C(=O)N[C@@H](Cc2ccccc2)C[C@H](O)[C@H](Cc2ccccc2)NC(=O)O[C@H]2COC3OCCC32)C(C)C)cs1. The van der Waals surface area contributed by atoms with Crippen molar-refractivity contribution in [3.63, 3.8) is 0 Å². The number of alkyl carbamates (subject to hydrolysis) is 1. The number of hydrogen-bond donors (Lipinski definition) is 4. The first-order valence-electron chi connectivity index (χ1n) is 16.8. The highest BCUT2D eigenvalue weighted by Gasteiger charge is 2.44. The Kier molecular flexibility index (Phi) is 13.0. The van der Waals surface area contributed by atoms with Gasteiger partial charge >= 0.3 is 6.09 Å². The van der Waals surface area contributed by atoms with Gasteiger partial charge in [0.25, 0.3) is 0 Å². The number of benzene rings is 2. The molecule has 0 aliphatic carbocycles. The molecule has 12 heteroatoms. The molecule has 3 aromatic rings. The van der Waals surface area contributed by atoms with E-state index in [9.17, 15) is 14.7 Å². The summed E-state index contributed by atoms with van der Waals surface area (Å²) in [4.78, 5) is 31.6. The number of amides is 2. The van der Waals surface area contributed by atoms with Gasteiger partial charge < -0.3 is 30.0 Å². The van der Waals surface area contributed by atoms with Crippen LogP contribution in [0.25, 0.3) is 0 Å². The number of hydrazine groups is 1. The lowest BCUT2D eigenvalue weighted by molar-refractivity contribution is -0.126. The molecule has 11 nitrogen and oxygen atoms in total. The first kappa shape index (κ1) is 35.9. The second-order valence-corrected chi connectivity index (χ2v) is 14.2. The number of aryl methyl sites for hydroxylation is 1. The van der Waals surface area contributed by atoms with Gasteiger partial charge in [-0.25, -0.2) is 20.2 Å². The first-order chi connectivity index (χ1) is 23.1. The van der Waals surface area contributed by atoms with Crippen LogP contribution in [0.3, 0.4) is 0 Å². The van der Waals surface area contributed by atoms with Gasteiger partial charge in [-0.05, 0) is 49.7 Å². The van der Waals surface area contributed by atoms with E-state index in [1.54, 1.807) is 11.3 Å². The molecule has 0 saturated carbocycles. The molecular weight excluding hydrogens is 630 g/mol. The smallest absolute Gasteiger partial charge is 0.407 e. The van der Waals surface area contributed by atoms with Crippen molar-refractivity contribution in [2.75, 3.05) is 20.3 Å². The van der Waals surface area contributed by atoms with E-state index in [1.807, 2.05) is 98.9 Å². The number of rotatable bonds is 16. The van der Waals surface area contributed by atoms with Crippen molar-refractivity contribution < 1.29 is 28.9 Å². The lowest BCUT2D eigenvalue weighted by Crippen LogP contribution is -2.56. The molecule has 48 heavy (non-hydrogen) atoms. The van der Waals surface area contributed by atoms with Crippen molar-refractivity contribution in [2.45, 2.75) is 89.6 Å². The quantitative estimate of drug-likeness (QED) is 0.166. The third kappa shape index (κ3) is 10.3. The van der Waals surface area contributed by atoms with Crippen molar-refractivity contribution in [2.24, 2.45) is 11.8 Å². The molecule has 4 N–H and O–H groups in total. The highest BCUT2D eigenvalue weighted by Crippen LogP contribution is 2.33. The van der Waals surface area contributed by atoms with Gasteiger partial charge in [0.2, 0.25) is 5.91 Å². The Hall–Kier alpha value is -3.39. The predicted molar refractivity (Wildman–Crippen MR) is 184 cm³/mol. The van der Waals surface area contributed by atoms with Crippen LogP contribution in [0.4, 0.5) is 4.79 Å². The van der Waals surface area contributed by atoms with E-state index in [-0.39, 0.29) is 37.1 Å². The Morgan fingerprint density at radius 1 is 1.04 bits per heavy atom. The molecule has 2 amide bonds. The van der Waals surface area contributed by atoms with Gasteiger partial charge in [0.15, 0.2) is 6.29 Å². The number of fused-ring (bicyclic) bond motifs is 1. The molecule has 2 aromatic carbocycles. The van der Waals surface area contributed by atoms with E-state index in [2.05, 4.69) is 21.0 Å². The molecule has 5 rings (SSSR count). The maximum Gasteiger partial charge on any atom is 0.407 e. The zero-order valence-electron chi connectivity index (χ0n) is 28.2. The van der Waals surface area contributed by atoms with Gasteiger partial charge in [-0.3, -0.25) is 4.79 Å². The van der Waals surface area contributed by atoms with E-state index >= 15 is 0 Å². The summed E-state index contributed by atoms with van der Waals surface area (Å²) in [6.07, 6.45) is -0.470. The van der Waals surface area contributed by atoms with E-state index in [1.165, 1.54) is 0 Å². The van der Waals surface area contributed by atoms with E-state index < -0.39 is 36.4 Å². The predicted octanol–water partition coefficient (Wildman–Crippen LogP) is 3.99. The summed E-state index contributed by atoms with van der Waals surface area (Å²) in [6.45, 7) is 7.39. The summed E-state index contributed by atoms with van der Waals surface area (Å²) in [5.74, 6) is -0.175. The molecule has 2 unspecified atom stereocenters. The number of nitrogens with zero attached hydrogens (tertiary/aromatic N) is 2.